The second-order valence-corrected chi connectivity index (χ2v) is 6.50. The molecular formula is C18H20N4O4. The topological polar surface area (TPSA) is 127 Å². The third kappa shape index (κ3) is 2.55. The fourth-order valence-corrected chi connectivity index (χ4v) is 3.36. The third-order valence-electron chi connectivity index (χ3n) is 4.79. The maximum absolute atomic E-state index is 10.4. The van der Waals surface area contributed by atoms with Crippen molar-refractivity contribution in [3.63, 3.8) is 0 Å². The molecule has 0 radical (unpaired) electrons. The molecule has 136 valence electrons. The second-order valence-electron chi connectivity index (χ2n) is 6.50. The van der Waals surface area contributed by atoms with Crippen LogP contribution in [0.15, 0.2) is 36.8 Å². The molecular weight excluding hydrogens is 336 g/mol. The third-order valence-corrected chi connectivity index (χ3v) is 4.79. The maximum Gasteiger partial charge on any atom is 0.164 e. The van der Waals surface area contributed by atoms with Crippen molar-refractivity contribution in [2.75, 3.05) is 12.3 Å². The molecule has 8 nitrogen and oxygen atoms in total. The Bertz CT molecular complexity index is 940. The Morgan fingerprint density at radius 1 is 1.15 bits per heavy atom. The summed E-state index contributed by atoms with van der Waals surface area (Å²) in [6, 6.07) is 7.92. The summed E-state index contributed by atoms with van der Waals surface area (Å²) in [6.07, 6.45) is -1.03. The number of aliphatic hydroxyl groups is 3. The van der Waals surface area contributed by atoms with E-state index in [4.69, 9.17) is 10.5 Å². The van der Waals surface area contributed by atoms with E-state index < -0.39 is 31.1 Å². The number of nitrogens with zero attached hydrogens (tertiary/aromatic N) is 3. The second kappa shape index (κ2) is 6.33. The molecule has 1 aliphatic heterocycles. The predicted octanol–water partition coefficient (Wildman–Crippen LogP) is 0.600. The van der Waals surface area contributed by atoms with Gasteiger partial charge in [-0.2, -0.15) is 0 Å². The first kappa shape index (κ1) is 16.9. The number of hydrogen-bond donors (Lipinski definition) is 4. The van der Waals surface area contributed by atoms with Crippen molar-refractivity contribution in [1.29, 1.82) is 0 Å². The lowest BCUT2D eigenvalue weighted by Crippen LogP contribution is -2.33. The minimum atomic E-state index is -1.20. The van der Waals surface area contributed by atoms with Gasteiger partial charge in [-0.1, -0.05) is 29.8 Å². The minimum absolute atomic E-state index is 0.316. The predicted molar refractivity (Wildman–Crippen MR) is 95.1 cm³/mol. The zero-order chi connectivity index (χ0) is 18.4. The number of fused-ring (bicyclic) bond motifs is 1. The smallest absolute Gasteiger partial charge is 0.164 e. The molecule has 1 aliphatic rings. The van der Waals surface area contributed by atoms with Gasteiger partial charge in [0.15, 0.2) is 6.23 Å². The first-order valence-corrected chi connectivity index (χ1v) is 8.31. The Labute approximate surface area is 149 Å². The molecule has 0 amide bonds. The van der Waals surface area contributed by atoms with Crippen molar-refractivity contribution in [2.45, 2.75) is 31.5 Å². The van der Waals surface area contributed by atoms with Crippen molar-refractivity contribution >= 4 is 16.9 Å². The van der Waals surface area contributed by atoms with Crippen molar-refractivity contribution < 1.29 is 20.1 Å². The highest BCUT2D eigenvalue weighted by Gasteiger charge is 2.44. The molecule has 3 heterocycles. The van der Waals surface area contributed by atoms with Gasteiger partial charge in [0, 0.05) is 11.8 Å². The van der Waals surface area contributed by atoms with E-state index in [1.807, 2.05) is 31.2 Å². The zero-order valence-corrected chi connectivity index (χ0v) is 14.1. The summed E-state index contributed by atoms with van der Waals surface area (Å²) < 4.78 is 7.28. The average molecular weight is 356 g/mol. The van der Waals surface area contributed by atoms with Gasteiger partial charge in [0.05, 0.1) is 12.0 Å². The number of nitrogen functional groups attached to an aromatic ring is 1. The molecule has 26 heavy (non-hydrogen) atoms. The van der Waals surface area contributed by atoms with Crippen LogP contribution in [0, 0.1) is 6.92 Å². The Kier molecular flexibility index (Phi) is 4.12. The summed E-state index contributed by atoms with van der Waals surface area (Å²) in [5, 5.41) is 30.4. The van der Waals surface area contributed by atoms with Gasteiger partial charge in [-0.25, -0.2) is 9.97 Å². The molecule has 4 atom stereocenters. The van der Waals surface area contributed by atoms with E-state index in [1.165, 1.54) is 6.33 Å². The van der Waals surface area contributed by atoms with Crippen LogP contribution in [0.4, 0.5) is 5.82 Å². The zero-order valence-electron chi connectivity index (χ0n) is 14.1. The van der Waals surface area contributed by atoms with Crippen molar-refractivity contribution in [2.24, 2.45) is 0 Å². The largest absolute Gasteiger partial charge is 0.394 e. The molecule has 0 aliphatic carbocycles. The van der Waals surface area contributed by atoms with E-state index >= 15 is 0 Å². The number of aliphatic hydroxyl groups excluding tert-OH is 3. The number of hydrogen-bond acceptors (Lipinski definition) is 7. The molecule has 1 unspecified atom stereocenters. The van der Waals surface area contributed by atoms with Crippen LogP contribution in [0.1, 0.15) is 11.8 Å². The number of aryl methyl sites for hydroxylation is 1. The van der Waals surface area contributed by atoms with Crippen molar-refractivity contribution in [3.05, 3.63) is 42.4 Å². The lowest BCUT2D eigenvalue weighted by Gasteiger charge is -2.17. The summed E-state index contributed by atoms with van der Waals surface area (Å²) in [6.45, 7) is 1.61. The lowest BCUT2D eigenvalue weighted by molar-refractivity contribution is -0.0508. The van der Waals surface area contributed by atoms with Crippen LogP contribution in [0.3, 0.4) is 0 Å². The van der Waals surface area contributed by atoms with Crippen LogP contribution >= 0.6 is 0 Å². The molecule has 1 fully saturated rings. The van der Waals surface area contributed by atoms with E-state index in [2.05, 4.69) is 9.97 Å². The van der Waals surface area contributed by atoms with Gasteiger partial charge in [0.1, 0.15) is 36.1 Å². The highest BCUT2D eigenvalue weighted by molar-refractivity contribution is 6.00. The quantitative estimate of drug-likeness (QED) is 0.541. The monoisotopic (exact) mass is 356 g/mol. The van der Waals surface area contributed by atoms with Crippen molar-refractivity contribution in [1.82, 2.24) is 14.5 Å². The van der Waals surface area contributed by atoms with Gasteiger partial charge in [0.25, 0.3) is 0 Å². The number of rotatable bonds is 3. The number of ether oxygens (including phenoxy) is 1. The summed E-state index contributed by atoms with van der Waals surface area (Å²) >= 11 is 0. The van der Waals surface area contributed by atoms with E-state index in [9.17, 15) is 15.3 Å². The Morgan fingerprint density at radius 2 is 1.88 bits per heavy atom. The van der Waals surface area contributed by atoms with Crippen LogP contribution in [0.25, 0.3) is 22.2 Å². The van der Waals surface area contributed by atoms with Crippen LogP contribution in [-0.2, 0) is 4.74 Å². The lowest BCUT2D eigenvalue weighted by atomic mass is 10.0. The number of anilines is 1. The first-order valence-electron chi connectivity index (χ1n) is 8.31. The van der Waals surface area contributed by atoms with Crippen LogP contribution in [0.2, 0.25) is 0 Å². The number of benzene rings is 1. The molecule has 2 aromatic heterocycles. The number of nitrogens with two attached hydrogens (primary N) is 1. The summed E-state index contributed by atoms with van der Waals surface area (Å²) in [5.74, 6) is 0.316. The Hall–Kier alpha value is -2.52. The van der Waals surface area contributed by atoms with E-state index in [-0.39, 0.29) is 0 Å². The fraction of sp³-hybridized carbons (Fsp3) is 0.333. The van der Waals surface area contributed by atoms with Crippen LogP contribution < -0.4 is 5.73 Å². The molecule has 4 rings (SSSR count). The van der Waals surface area contributed by atoms with Crippen LogP contribution in [0.5, 0.6) is 0 Å². The van der Waals surface area contributed by atoms with Crippen molar-refractivity contribution in [3.8, 4) is 11.1 Å². The minimum Gasteiger partial charge on any atom is -0.394 e. The van der Waals surface area contributed by atoms with E-state index in [0.717, 1.165) is 16.7 Å². The van der Waals surface area contributed by atoms with E-state index in [0.29, 0.717) is 16.9 Å². The van der Waals surface area contributed by atoms with E-state index in [1.54, 1.807) is 10.8 Å². The van der Waals surface area contributed by atoms with Gasteiger partial charge in [-0.05, 0) is 12.5 Å². The Morgan fingerprint density at radius 3 is 2.54 bits per heavy atom. The van der Waals surface area contributed by atoms with Crippen LogP contribution in [-0.4, -0.2) is 54.8 Å². The van der Waals surface area contributed by atoms with Gasteiger partial charge in [-0.3, -0.25) is 0 Å². The molecule has 3 aromatic rings. The van der Waals surface area contributed by atoms with Gasteiger partial charge < -0.3 is 30.4 Å². The average Bonchev–Trinajstić information content (AvgIpc) is 3.15. The number of aromatic nitrogens is 3. The molecule has 5 N–H and O–H groups in total. The molecule has 8 heteroatoms. The van der Waals surface area contributed by atoms with Gasteiger partial charge in [0.2, 0.25) is 0 Å². The molecule has 0 bridgehead atoms. The highest BCUT2D eigenvalue weighted by atomic mass is 16.6. The molecule has 1 saturated heterocycles. The van der Waals surface area contributed by atoms with Gasteiger partial charge in [-0.15, -0.1) is 0 Å². The summed E-state index contributed by atoms with van der Waals surface area (Å²) in [7, 11) is 0. The highest BCUT2D eigenvalue weighted by Crippen LogP contribution is 2.38. The standard InChI is InChI=1S/C18H20N4O4/c1-9-2-4-10(5-3-9)11-6-22(17-13(11)16(19)20-8-21-17)18-15(25)14(24)12(7-23)26-18/h2-6,8,12,14-15,18,23-25H,7H2,1H3,(H2,19,20,21)/t12-,14?,15+,18-/m1/s1. The summed E-state index contributed by atoms with van der Waals surface area (Å²) in [5.41, 5.74) is 9.44. The molecule has 1 aromatic carbocycles. The molecule has 0 saturated carbocycles. The van der Waals surface area contributed by atoms with Gasteiger partial charge >= 0.3 is 0 Å². The first-order chi connectivity index (χ1) is 12.5. The Balaban J connectivity index is 1.89. The SMILES string of the molecule is Cc1ccc(-c2cn([C@@H]3O[C@H](CO)C(O)[C@@H]3O)c3ncnc(N)c23)cc1. The maximum atomic E-state index is 10.4. The fourth-order valence-electron chi connectivity index (χ4n) is 3.36. The summed E-state index contributed by atoms with van der Waals surface area (Å²) in [4.78, 5) is 8.37. The molecule has 0 spiro atoms. The normalized spacial score (nSPS) is 25.8.